The molecule has 0 unspecified atom stereocenters. The molecule has 1 aromatic heterocycles. The first kappa shape index (κ1) is 14.5. The van der Waals surface area contributed by atoms with Crippen molar-refractivity contribution in [3.8, 4) is 17.1 Å². The molecule has 0 saturated carbocycles. The van der Waals surface area contributed by atoms with Crippen molar-refractivity contribution in [1.82, 2.24) is 15.3 Å². The van der Waals surface area contributed by atoms with Gasteiger partial charge in [-0.3, -0.25) is 0 Å². The lowest BCUT2D eigenvalue weighted by atomic mass is 10.1. The number of nitrogens with one attached hydrogen (secondary N) is 1. The van der Waals surface area contributed by atoms with Gasteiger partial charge in [0.05, 0.1) is 7.11 Å². The lowest BCUT2D eigenvalue weighted by Crippen LogP contribution is -2.35. The molecule has 106 valence electrons. The van der Waals surface area contributed by atoms with Crippen LogP contribution < -0.4 is 10.1 Å². The molecule has 0 atom stereocenters. The third kappa shape index (κ3) is 4.03. The molecule has 1 aromatic carbocycles. The molecule has 20 heavy (non-hydrogen) atoms. The molecule has 0 spiro atoms. The zero-order chi connectivity index (χ0) is 14.6. The van der Waals surface area contributed by atoms with Crippen LogP contribution in [0, 0.1) is 0 Å². The summed E-state index contributed by atoms with van der Waals surface area (Å²) in [6.07, 6.45) is 3.72. The average molecular weight is 271 g/mol. The highest BCUT2D eigenvalue weighted by Crippen LogP contribution is 2.20. The third-order valence-electron chi connectivity index (χ3n) is 2.86. The van der Waals surface area contributed by atoms with Crippen molar-refractivity contribution in [3.63, 3.8) is 0 Å². The number of aromatic nitrogens is 2. The summed E-state index contributed by atoms with van der Waals surface area (Å²) in [6, 6.07) is 7.76. The Hall–Kier alpha value is -1.94. The van der Waals surface area contributed by atoms with E-state index < -0.39 is 0 Å². The van der Waals surface area contributed by atoms with Gasteiger partial charge in [0.15, 0.2) is 5.82 Å². The van der Waals surface area contributed by atoms with E-state index in [0.29, 0.717) is 5.82 Å². The van der Waals surface area contributed by atoms with Gasteiger partial charge in [0.1, 0.15) is 5.75 Å². The normalized spacial score (nSPS) is 11.4. The van der Waals surface area contributed by atoms with Crippen molar-refractivity contribution in [2.45, 2.75) is 32.9 Å². The summed E-state index contributed by atoms with van der Waals surface area (Å²) < 4.78 is 5.21. The molecule has 0 aliphatic carbocycles. The monoisotopic (exact) mass is 271 g/mol. The summed E-state index contributed by atoms with van der Waals surface area (Å²) in [7, 11) is 1.65. The van der Waals surface area contributed by atoms with Gasteiger partial charge in [-0.15, -0.1) is 0 Å². The van der Waals surface area contributed by atoms with Gasteiger partial charge in [0, 0.05) is 35.6 Å². The highest BCUT2D eigenvalue weighted by Gasteiger charge is 2.09. The number of benzene rings is 1. The maximum Gasteiger partial charge on any atom is 0.159 e. The summed E-state index contributed by atoms with van der Waals surface area (Å²) in [5, 5.41) is 3.42. The van der Waals surface area contributed by atoms with Gasteiger partial charge in [0.2, 0.25) is 0 Å². The van der Waals surface area contributed by atoms with Gasteiger partial charge >= 0.3 is 0 Å². The first-order chi connectivity index (χ1) is 9.48. The fourth-order valence-electron chi connectivity index (χ4n) is 1.72. The van der Waals surface area contributed by atoms with E-state index >= 15 is 0 Å². The zero-order valence-electron chi connectivity index (χ0n) is 12.5. The van der Waals surface area contributed by atoms with Gasteiger partial charge in [-0.05, 0) is 32.9 Å². The van der Waals surface area contributed by atoms with Gasteiger partial charge < -0.3 is 10.1 Å². The van der Waals surface area contributed by atoms with Crippen molar-refractivity contribution in [2.24, 2.45) is 0 Å². The Kier molecular flexibility index (Phi) is 4.35. The molecule has 1 N–H and O–H groups in total. The van der Waals surface area contributed by atoms with Crippen LogP contribution in [0.4, 0.5) is 0 Å². The lowest BCUT2D eigenvalue weighted by Gasteiger charge is -2.20. The third-order valence-corrected chi connectivity index (χ3v) is 2.86. The Morgan fingerprint density at radius 2 is 1.85 bits per heavy atom. The van der Waals surface area contributed by atoms with Crippen molar-refractivity contribution < 1.29 is 4.74 Å². The molecule has 0 amide bonds. The van der Waals surface area contributed by atoms with E-state index in [1.54, 1.807) is 7.11 Å². The average Bonchev–Trinajstić information content (AvgIpc) is 2.45. The SMILES string of the molecule is COc1cccc(-c2ncc(CNC(C)(C)C)cn2)c1. The molecule has 1 heterocycles. The Bertz CT molecular complexity index is 559. The van der Waals surface area contributed by atoms with Gasteiger partial charge in [-0.25, -0.2) is 9.97 Å². The molecule has 0 saturated heterocycles. The topological polar surface area (TPSA) is 47.0 Å². The molecule has 0 aliphatic rings. The van der Waals surface area contributed by atoms with E-state index in [1.165, 1.54) is 0 Å². The first-order valence-electron chi connectivity index (χ1n) is 6.68. The molecule has 4 heteroatoms. The van der Waals surface area contributed by atoms with Crippen LogP contribution in [-0.2, 0) is 6.54 Å². The second kappa shape index (κ2) is 6.01. The Morgan fingerprint density at radius 3 is 2.45 bits per heavy atom. The van der Waals surface area contributed by atoms with Crippen LogP contribution in [0.2, 0.25) is 0 Å². The number of nitrogens with zero attached hydrogens (tertiary/aromatic N) is 2. The minimum Gasteiger partial charge on any atom is -0.497 e. The van der Waals surface area contributed by atoms with Crippen LogP contribution >= 0.6 is 0 Å². The highest BCUT2D eigenvalue weighted by molar-refractivity contribution is 5.57. The summed E-state index contributed by atoms with van der Waals surface area (Å²) in [5.74, 6) is 1.52. The first-order valence-corrected chi connectivity index (χ1v) is 6.68. The van der Waals surface area contributed by atoms with Crippen LogP contribution in [0.5, 0.6) is 5.75 Å². The molecular formula is C16H21N3O. The van der Waals surface area contributed by atoms with Crippen LogP contribution in [0.1, 0.15) is 26.3 Å². The van der Waals surface area contributed by atoms with E-state index in [-0.39, 0.29) is 5.54 Å². The van der Waals surface area contributed by atoms with Gasteiger partial charge in [-0.1, -0.05) is 12.1 Å². The second-order valence-electron chi connectivity index (χ2n) is 5.75. The van der Waals surface area contributed by atoms with Crippen molar-refractivity contribution in [1.29, 1.82) is 0 Å². The molecule has 4 nitrogen and oxygen atoms in total. The van der Waals surface area contributed by atoms with Crippen molar-refractivity contribution in [2.75, 3.05) is 7.11 Å². The number of rotatable bonds is 4. The molecule has 2 aromatic rings. The summed E-state index contributed by atoms with van der Waals surface area (Å²) >= 11 is 0. The standard InChI is InChI=1S/C16H21N3O/c1-16(2,3)19-11-12-9-17-15(18-10-12)13-6-5-7-14(8-13)20-4/h5-10,19H,11H2,1-4H3. The second-order valence-corrected chi connectivity index (χ2v) is 5.75. The Balaban J connectivity index is 2.11. The minimum atomic E-state index is 0.0888. The molecule has 0 bridgehead atoms. The van der Waals surface area contributed by atoms with Crippen molar-refractivity contribution >= 4 is 0 Å². The largest absolute Gasteiger partial charge is 0.497 e. The fraction of sp³-hybridized carbons (Fsp3) is 0.375. The van der Waals surface area contributed by atoms with Crippen molar-refractivity contribution in [3.05, 3.63) is 42.2 Å². The fourth-order valence-corrected chi connectivity index (χ4v) is 1.72. The maximum absolute atomic E-state index is 5.21. The Labute approximate surface area is 120 Å². The molecule has 2 rings (SSSR count). The van der Waals surface area contributed by atoms with E-state index in [4.69, 9.17) is 4.74 Å². The molecule has 0 fully saturated rings. The zero-order valence-corrected chi connectivity index (χ0v) is 12.5. The van der Waals surface area contributed by atoms with Crippen LogP contribution in [0.3, 0.4) is 0 Å². The van der Waals surface area contributed by atoms with Gasteiger partial charge in [-0.2, -0.15) is 0 Å². The van der Waals surface area contributed by atoms with E-state index in [2.05, 4.69) is 36.1 Å². The van der Waals surface area contributed by atoms with Crippen LogP contribution in [-0.4, -0.2) is 22.6 Å². The van der Waals surface area contributed by atoms with Crippen LogP contribution in [0.25, 0.3) is 11.4 Å². The van der Waals surface area contributed by atoms with Crippen LogP contribution in [0.15, 0.2) is 36.7 Å². The number of hydrogen-bond acceptors (Lipinski definition) is 4. The smallest absolute Gasteiger partial charge is 0.159 e. The van der Waals surface area contributed by atoms with Gasteiger partial charge in [0.25, 0.3) is 0 Å². The molecule has 0 radical (unpaired) electrons. The summed E-state index contributed by atoms with van der Waals surface area (Å²) in [6.45, 7) is 7.18. The highest BCUT2D eigenvalue weighted by atomic mass is 16.5. The summed E-state index contributed by atoms with van der Waals surface area (Å²) in [4.78, 5) is 8.84. The van der Waals surface area contributed by atoms with E-state index in [1.807, 2.05) is 36.7 Å². The minimum absolute atomic E-state index is 0.0888. The summed E-state index contributed by atoms with van der Waals surface area (Å²) in [5.41, 5.74) is 2.12. The predicted molar refractivity (Wildman–Crippen MR) is 80.6 cm³/mol. The molecular weight excluding hydrogens is 250 g/mol. The quantitative estimate of drug-likeness (QED) is 0.928. The number of hydrogen-bond donors (Lipinski definition) is 1. The van der Waals surface area contributed by atoms with E-state index in [0.717, 1.165) is 23.4 Å². The number of ether oxygens (including phenoxy) is 1. The Morgan fingerprint density at radius 1 is 1.15 bits per heavy atom. The predicted octanol–water partition coefficient (Wildman–Crippen LogP) is 3.04. The lowest BCUT2D eigenvalue weighted by molar-refractivity contribution is 0.415. The van der Waals surface area contributed by atoms with E-state index in [9.17, 15) is 0 Å². The molecule has 0 aliphatic heterocycles. The number of methoxy groups -OCH3 is 1. The maximum atomic E-state index is 5.21.